The highest BCUT2D eigenvalue weighted by molar-refractivity contribution is 5.66. The van der Waals surface area contributed by atoms with Gasteiger partial charge in [0.15, 0.2) is 0 Å². The van der Waals surface area contributed by atoms with Gasteiger partial charge in [-0.05, 0) is 19.3 Å². The highest BCUT2D eigenvalue weighted by Gasteiger charge is 1.96. The molecule has 0 heterocycles. The lowest BCUT2D eigenvalue weighted by Crippen LogP contribution is -1.93. The summed E-state index contributed by atoms with van der Waals surface area (Å²) in [5.41, 5.74) is 1.02. The minimum absolute atomic E-state index is 0.248. The van der Waals surface area contributed by atoms with Gasteiger partial charge in [0.2, 0.25) is 0 Å². The first-order chi connectivity index (χ1) is 6.16. The van der Waals surface area contributed by atoms with Crippen LogP contribution in [0.2, 0.25) is 0 Å². The van der Waals surface area contributed by atoms with Gasteiger partial charge >= 0.3 is 5.97 Å². The van der Waals surface area contributed by atoms with Gasteiger partial charge in [-0.2, -0.15) is 0 Å². The quantitative estimate of drug-likeness (QED) is 0.483. The van der Waals surface area contributed by atoms with E-state index in [-0.39, 0.29) is 6.42 Å². The van der Waals surface area contributed by atoms with Gasteiger partial charge in [0.05, 0.1) is 0 Å². The molecule has 0 aromatic heterocycles. The van der Waals surface area contributed by atoms with Crippen LogP contribution in [0.3, 0.4) is 0 Å². The van der Waals surface area contributed by atoms with Gasteiger partial charge in [-0.1, -0.05) is 37.0 Å². The molecule has 2 nitrogen and oxygen atoms in total. The van der Waals surface area contributed by atoms with Crippen molar-refractivity contribution in [3.63, 3.8) is 0 Å². The van der Waals surface area contributed by atoms with Crippen LogP contribution in [0.1, 0.15) is 25.7 Å². The van der Waals surface area contributed by atoms with Gasteiger partial charge in [-0.15, -0.1) is 0 Å². The van der Waals surface area contributed by atoms with Gasteiger partial charge in [-0.25, -0.2) is 0 Å². The summed E-state index contributed by atoms with van der Waals surface area (Å²) < 4.78 is 0. The molecule has 0 aromatic carbocycles. The number of unbranched alkanes of at least 4 members (excludes halogenated alkanes) is 1. The van der Waals surface area contributed by atoms with Gasteiger partial charge in [0.1, 0.15) is 0 Å². The number of hydrogen-bond acceptors (Lipinski definition) is 1. The Hall–Kier alpha value is -1.31. The van der Waals surface area contributed by atoms with E-state index in [2.05, 4.69) is 13.2 Å². The van der Waals surface area contributed by atoms with E-state index in [9.17, 15) is 4.79 Å². The molecule has 0 fully saturated rings. The summed E-state index contributed by atoms with van der Waals surface area (Å²) >= 11 is 0. The van der Waals surface area contributed by atoms with Crippen LogP contribution >= 0.6 is 0 Å². The third-order valence-corrected chi connectivity index (χ3v) is 1.61. The Morgan fingerprint density at radius 3 is 2.46 bits per heavy atom. The molecular formula is C11H16O2. The molecule has 0 amide bonds. The van der Waals surface area contributed by atoms with E-state index in [0.717, 1.165) is 24.8 Å². The van der Waals surface area contributed by atoms with Crippen LogP contribution in [-0.4, -0.2) is 11.1 Å². The van der Waals surface area contributed by atoms with Gasteiger partial charge < -0.3 is 5.11 Å². The lowest BCUT2D eigenvalue weighted by molar-refractivity contribution is -0.137. The fraction of sp³-hybridized carbons (Fsp3) is 0.364. The van der Waals surface area contributed by atoms with E-state index in [1.54, 1.807) is 6.08 Å². The lowest BCUT2D eigenvalue weighted by Gasteiger charge is -1.98. The average Bonchev–Trinajstić information content (AvgIpc) is 2.08. The zero-order valence-electron chi connectivity index (χ0n) is 7.83. The maximum Gasteiger partial charge on any atom is 0.303 e. The number of carboxylic acids is 1. The Balaban J connectivity index is 3.42. The SMILES string of the molecule is C=C/C=C\C(=C)CCCCC(=O)O. The van der Waals surface area contributed by atoms with E-state index < -0.39 is 5.97 Å². The number of carboxylic acid groups (broad SMARTS) is 1. The third-order valence-electron chi connectivity index (χ3n) is 1.61. The Bertz CT molecular complexity index is 214. The van der Waals surface area contributed by atoms with Gasteiger partial charge in [0, 0.05) is 6.42 Å². The number of rotatable bonds is 7. The van der Waals surface area contributed by atoms with E-state index in [1.165, 1.54) is 0 Å². The molecule has 1 N–H and O–H groups in total. The third kappa shape index (κ3) is 8.60. The van der Waals surface area contributed by atoms with Crippen LogP contribution in [0.15, 0.2) is 37.0 Å². The van der Waals surface area contributed by atoms with Crippen molar-refractivity contribution >= 4 is 5.97 Å². The van der Waals surface area contributed by atoms with Crippen LogP contribution in [0, 0.1) is 0 Å². The first-order valence-electron chi connectivity index (χ1n) is 4.35. The first-order valence-corrected chi connectivity index (χ1v) is 4.35. The minimum Gasteiger partial charge on any atom is -0.481 e. The van der Waals surface area contributed by atoms with E-state index in [0.29, 0.717) is 0 Å². The Kier molecular flexibility index (Phi) is 6.60. The number of aliphatic carboxylic acids is 1. The second-order valence-electron chi connectivity index (χ2n) is 2.85. The zero-order chi connectivity index (χ0) is 10.1. The molecule has 0 rings (SSSR count). The Morgan fingerprint density at radius 1 is 1.31 bits per heavy atom. The van der Waals surface area contributed by atoms with E-state index in [4.69, 9.17) is 5.11 Å². The second kappa shape index (κ2) is 7.35. The molecule has 0 atom stereocenters. The molecule has 0 bridgehead atoms. The Morgan fingerprint density at radius 2 is 1.92 bits per heavy atom. The molecule has 72 valence electrons. The summed E-state index contributed by atoms with van der Waals surface area (Å²) in [6.07, 6.45) is 8.13. The van der Waals surface area contributed by atoms with Crippen molar-refractivity contribution < 1.29 is 9.90 Å². The van der Waals surface area contributed by atoms with Crippen LogP contribution in [0.5, 0.6) is 0 Å². The van der Waals surface area contributed by atoms with Gasteiger partial charge in [-0.3, -0.25) is 4.79 Å². The van der Waals surface area contributed by atoms with Crippen LogP contribution < -0.4 is 0 Å². The summed E-state index contributed by atoms with van der Waals surface area (Å²) in [4.78, 5) is 10.2. The summed E-state index contributed by atoms with van der Waals surface area (Å²) in [5.74, 6) is -0.729. The van der Waals surface area contributed by atoms with Crippen LogP contribution in [0.25, 0.3) is 0 Å². The summed E-state index contributed by atoms with van der Waals surface area (Å²) in [6.45, 7) is 7.37. The summed E-state index contributed by atoms with van der Waals surface area (Å²) in [6, 6.07) is 0. The molecule has 2 heteroatoms. The van der Waals surface area contributed by atoms with Crippen LogP contribution in [0.4, 0.5) is 0 Å². The minimum atomic E-state index is -0.729. The topological polar surface area (TPSA) is 37.3 Å². The van der Waals surface area contributed by atoms with Crippen LogP contribution in [-0.2, 0) is 4.79 Å². The molecule has 0 aliphatic carbocycles. The smallest absolute Gasteiger partial charge is 0.303 e. The van der Waals surface area contributed by atoms with E-state index in [1.807, 2.05) is 12.2 Å². The number of allylic oxidation sites excluding steroid dienone is 4. The maximum atomic E-state index is 10.2. The van der Waals surface area contributed by atoms with E-state index >= 15 is 0 Å². The molecule has 0 unspecified atom stereocenters. The molecule has 13 heavy (non-hydrogen) atoms. The number of carbonyl (C=O) groups is 1. The molecule has 0 aliphatic heterocycles. The molecule has 0 spiro atoms. The summed E-state index contributed by atoms with van der Waals surface area (Å²) in [5, 5.41) is 8.37. The van der Waals surface area contributed by atoms with Crippen molar-refractivity contribution in [2.75, 3.05) is 0 Å². The fourth-order valence-corrected chi connectivity index (χ4v) is 0.916. The van der Waals surface area contributed by atoms with Crippen molar-refractivity contribution in [3.05, 3.63) is 37.0 Å². The molecule has 0 radical (unpaired) electrons. The van der Waals surface area contributed by atoms with Crippen molar-refractivity contribution in [1.29, 1.82) is 0 Å². The maximum absolute atomic E-state index is 10.2. The molecule has 0 aromatic rings. The Labute approximate surface area is 79.3 Å². The summed E-state index contributed by atoms with van der Waals surface area (Å²) in [7, 11) is 0. The lowest BCUT2D eigenvalue weighted by atomic mass is 10.1. The first kappa shape index (κ1) is 11.7. The standard InChI is InChI=1S/C11H16O2/c1-3-4-7-10(2)8-5-6-9-11(12)13/h3-4,7H,1-2,5-6,8-9H2,(H,12,13)/b7-4-. The monoisotopic (exact) mass is 180 g/mol. The molecule has 0 saturated carbocycles. The highest BCUT2D eigenvalue weighted by Crippen LogP contribution is 2.08. The average molecular weight is 180 g/mol. The zero-order valence-corrected chi connectivity index (χ0v) is 7.83. The van der Waals surface area contributed by atoms with Crippen molar-refractivity contribution in [2.45, 2.75) is 25.7 Å². The molecule has 0 saturated heterocycles. The predicted molar refractivity (Wildman–Crippen MR) is 54.6 cm³/mol. The molecular weight excluding hydrogens is 164 g/mol. The van der Waals surface area contributed by atoms with Gasteiger partial charge in [0.25, 0.3) is 0 Å². The second-order valence-corrected chi connectivity index (χ2v) is 2.85. The fourth-order valence-electron chi connectivity index (χ4n) is 0.916. The number of hydrogen-bond donors (Lipinski definition) is 1. The predicted octanol–water partition coefficient (Wildman–Crippen LogP) is 2.93. The normalized spacial score (nSPS) is 10.2. The largest absolute Gasteiger partial charge is 0.481 e. The highest BCUT2D eigenvalue weighted by atomic mass is 16.4. The van der Waals surface area contributed by atoms with Crippen molar-refractivity contribution in [2.24, 2.45) is 0 Å². The van der Waals surface area contributed by atoms with Crippen molar-refractivity contribution in [3.8, 4) is 0 Å². The van der Waals surface area contributed by atoms with Crippen molar-refractivity contribution in [1.82, 2.24) is 0 Å². The molecule has 0 aliphatic rings.